The molecule has 2 rings (SSSR count). The lowest BCUT2D eigenvalue weighted by Crippen LogP contribution is -2.23. The van der Waals surface area contributed by atoms with E-state index in [9.17, 15) is 13.2 Å². The van der Waals surface area contributed by atoms with Gasteiger partial charge in [0.05, 0.1) is 0 Å². The van der Waals surface area contributed by atoms with Crippen LogP contribution in [0.2, 0.25) is 0 Å². The predicted molar refractivity (Wildman–Crippen MR) is 72.3 cm³/mol. The third kappa shape index (κ3) is 3.02. The first-order valence-electron chi connectivity index (χ1n) is 6.04. The Labute approximate surface area is 116 Å². The molecule has 1 fully saturated rings. The first-order valence-corrected chi connectivity index (χ1v) is 7.93. The fourth-order valence-electron chi connectivity index (χ4n) is 2.14. The quantitative estimate of drug-likeness (QED) is 0.528. The number of sulfone groups is 1. The van der Waals surface area contributed by atoms with Gasteiger partial charge >= 0.3 is 5.97 Å². The average molecular weight is 303 g/mol. The number of aliphatic carboxylic acids is 1. The van der Waals surface area contributed by atoms with Crippen LogP contribution in [0.1, 0.15) is 6.42 Å². The molecule has 1 aromatic rings. The monoisotopic (exact) mass is 303 g/mol. The first kappa shape index (κ1) is 14.6. The van der Waals surface area contributed by atoms with E-state index in [1.165, 1.54) is 0 Å². The molecule has 9 nitrogen and oxygen atoms in total. The van der Waals surface area contributed by atoms with Crippen LogP contribution in [0.5, 0.6) is 0 Å². The minimum Gasteiger partial charge on any atom is -0.480 e. The molecule has 10 heteroatoms. The molecule has 1 saturated heterocycles. The van der Waals surface area contributed by atoms with Gasteiger partial charge in [-0.1, -0.05) is 0 Å². The number of nitrogen functional groups attached to an aromatic ring is 1. The molecule has 1 aromatic heterocycles. The summed E-state index contributed by atoms with van der Waals surface area (Å²) < 4.78 is 24.6. The van der Waals surface area contributed by atoms with Crippen molar-refractivity contribution in [2.45, 2.75) is 23.9 Å². The topological polar surface area (TPSA) is 139 Å². The zero-order valence-electron chi connectivity index (χ0n) is 11.0. The minimum absolute atomic E-state index is 0.0445. The molecule has 0 spiro atoms. The first-order chi connectivity index (χ1) is 9.29. The van der Waals surface area contributed by atoms with Crippen molar-refractivity contribution in [3.05, 3.63) is 0 Å². The highest BCUT2D eigenvalue weighted by molar-refractivity contribution is 7.91. The number of aromatic nitrogens is 2. The Morgan fingerprint density at radius 3 is 2.85 bits per heavy atom. The molecule has 2 heterocycles. The Bertz CT molecular complexity index is 618. The molecular weight excluding hydrogens is 286 g/mol. The maximum absolute atomic E-state index is 11.8. The van der Waals surface area contributed by atoms with Crippen LogP contribution in [0.3, 0.4) is 0 Å². The van der Waals surface area contributed by atoms with E-state index in [0.717, 1.165) is 23.9 Å². The van der Waals surface area contributed by atoms with Gasteiger partial charge in [-0.2, -0.15) is 5.10 Å². The van der Waals surface area contributed by atoms with Gasteiger partial charge in [-0.25, -0.2) is 13.1 Å². The number of carboxylic acids is 1. The summed E-state index contributed by atoms with van der Waals surface area (Å²) in [5, 5.41) is 18.9. The number of anilines is 2. The van der Waals surface area contributed by atoms with Gasteiger partial charge < -0.3 is 21.5 Å². The van der Waals surface area contributed by atoms with Crippen LogP contribution in [0, 0.1) is 0 Å². The molecule has 5 N–H and O–H groups in total. The number of hydrogen-bond donors (Lipinski definition) is 4. The Morgan fingerprint density at radius 2 is 2.35 bits per heavy atom. The average Bonchev–Trinajstić information content (AvgIpc) is 2.87. The summed E-state index contributed by atoms with van der Waals surface area (Å²) in [7, 11) is -3.60. The van der Waals surface area contributed by atoms with E-state index in [4.69, 9.17) is 10.8 Å². The van der Waals surface area contributed by atoms with E-state index in [2.05, 4.69) is 15.7 Å². The lowest BCUT2D eigenvalue weighted by Gasteiger charge is -2.11. The second-order valence-corrected chi connectivity index (χ2v) is 6.67. The maximum Gasteiger partial charge on any atom is 0.325 e. The van der Waals surface area contributed by atoms with Crippen LogP contribution >= 0.6 is 0 Å². The predicted octanol–water partition coefficient (Wildman–Crippen LogP) is -1.27. The molecule has 112 valence electrons. The van der Waals surface area contributed by atoms with Crippen molar-refractivity contribution in [1.29, 1.82) is 0 Å². The van der Waals surface area contributed by atoms with Gasteiger partial charge in [-0.3, -0.25) is 4.79 Å². The molecule has 0 bridgehead atoms. The van der Waals surface area contributed by atoms with E-state index in [1.54, 1.807) is 0 Å². The van der Waals surface area contributed by atoms with E-state index in [0.29, 0.717) is 6.54 Å². The van der Waals surface area contributed by atoms with E-state index < -0.39 is 22.4 Å². The normalized spacial score (nSPS) is 19.1. The van der Waals surface area contributed by atoms with Gasteiger partial charge in [0.2, 0.25) is 0 Å². The third-order valence-corrected chi connectivity index (χ3v) is 4.15. The fraction of sp³-hybridized carbons (Fsp3) is 0.600. The SMILES string of the molecule is CS(=O)(=O)c1c(NC2CCNC2)nn(CC(=O)O)c1N. The summed E-state index contributed by atoms with van der Waals surface area (Å²) in [4.78, 5) is 10.6. The molecule has 0 aliphatic carbocycles. The van der Waals surface area contributed by atoms with Crippen LogP contribution < -0.4 is 16.4 Å². The van der Waals surface area contributed by atoms with Crippen LogP contribution in [0.25, 0.3) is 0 Å². The summed E-state index contributed by atoms with van der Waals surface area (Å²) in [6, 6.07) is 0.0445. The van der Waals surface area contributed by atoms with Gasteiger partial charge in [-0.15, -0.1) is 0 Å². The molecule has 1 atom stereocenters. The highest BCUT2D eigenvalue weighted by atomic mass is 32.2. The summed E-state index contributed by atoms with van der Waals surface area (Å²) in [6.45, 7) is 1.03. The Balaban J connectivity index is 2.39. The Hall–Kier alpha value is -1.81. The Morgan fingerprint density at radius 1 is 1.65 bits per heavy atom. The van der Waals surface area contributed by atoms with Crippen molar-refractivity contribution in [1.82, 2.24) is 15.1 Å². The number of rotatable bonds is 5. The number of nitrogens with zero attached hydrogens (tertiary/aromatic N) is 2. The fourth-order valence-corrected chi connectivity index (χ4v) is 3.07. The van der Waals surface area contributed by atoms with Crippen molar-refractivity contribution in [2.24, 2.45) is 0 Å². The van der Waals surface area contributed by atoms with Gasteiger partial charge in [0, 0.05) is 18.8 Å². The van der Waals surface area contributed by atoms with E-state index in [1.807, 2.05) is 0 Å². The van der Waals surface area contributed by atoms with Crippen LogP contribution in [-0.4, -0.2) is 54.7 Å². The largest absolute Gasteiger partial charge is 0.480 e. The standard InChI is InChI=1S/C10H17N5O4S/c1-20(18,19)8-9(11)15(5-7(16)17)14-10(8)13-6-2-3-12-4-6/h6,12H,2-5,11H2,1H3,(H,13,14)(H,16,17). The van der Waals surface area contributed by atoms with E-state index in [-0.39, 0.29) is 22.6 Å². The number of nitrogens with two attached hydrogens (primary N) is 1. The second kappa shape index (κ2) is 5.29. The number of nitrogens with one attached hydrogen (secondary N) is 2. The molecule has 0 amide bonds. The molecule has 1 aliphatic rings. The van der Waals surface area contributed by atoms with Gasteiger partial charge in [-0.05, 0) is 13.0 Å². The molecule has 1 unspecified atom stereocenters. The van der Waals surface area contributed by atoms with Gasteiger partial charge in [0.15, 0.2) is 20.6 Å². The Kier molecular flexibility index (Phi) is 3.86. The summed E-state index contributed by atoms with van der Waals surface area (Å²) in [5.74, 6) is -1.20. The van der Waals surface area contributed by atoms with E-state index >= 15 is 0 Å². The smallest absolute Gasteiger partial charge is 0.325 e. The summed E-state index contributed by atoms with van der Waals surface area (Å²) in [5.41, 5.74) is 5.72. The lowest BCUT2D eigenvalue weighted by molar-refractivity contribution is -0.137. The van der Waals surface area contributed by atoms with Crippen LogP contribution in [0.4, 0.5) is 11.6 Å². The van der Waals surface area contributed by atoms with Gasteiger partial charge in [0.1, 0.15) is 12.4 Å². The molecule has 0 radical (unpaired) electrons. The van der Waals surface area contributed by atoms with Crippen molar-refractivity contribution in [3.63, 3.8) is 0 Å². The van der Waals surface area contributed by atoms with Crippen LogP contribution in [0.15, 0.2) is 4.90 Å². The van der Waals surface area contributed by atoms with Crippen molar-refractivity contribution in [3.8, 4) is 0 Å². The highest BCUT2D eigenvalue weighted by Gasteiger charge is 2.27. The molecule has 20 heavy (non-hydrogen) atoms. The second-order valence-electron chi connectivity index (χ2n) is 4.72. The molecule has 0 saturated carbocycles. The molecule has 0 aromatic carbocycles. The third-order valence-electron chi connectivity index (χ3n) is 3.00. The van der Waals surface area contributed by atoms with Gasteiger partial charge in [0.25, 0.3) is 0 Å². The van der Waals surface area contributed by atoms with Crippen molar-refractivity contribution >= 4 is 27.4 Å². The van der Waals surface area contributed by atoms with Crippen molar-refractivity contribution < 1.29 is 18.3 Å². The zero-order valence-corrected chi connectivity index (χ0v) is 11.8. The summed E-state index contributed by atoms with van der Waals surface area (Å²) in [6.07, 6.45) is 1.85. The minimum atomic E-state index is -3.60. The number of carboxylic acid groups (broad SMARTS) is 1. The zero-order chi connectivity index (χ0) is 14.9. The summed E-state index contributed by atoms with van der Waals surface area (Å²) >= 11 is 0. The highest BCUT2D eigenvalue weighted by Crippen LogP contribution is 2.28. The number of hydrogen-bond acceptors (Lipinski definition) is 7. The molecular formula is C10H17N5O4S. The maximum atomic E-state index is 11.8. The number of carbonyl (C=O) groups is 1. The van der Waals surface area contributed by atoms with Crippen LogP contribution in [-0.2, 0) is 21.2 Å². The lowest BCUT2D eigenvalue weighted by atomic mass is 10.2. The van der Waals surface area contributed by atoms with Crippen molar-refractivity contribution in [2.75, 3.05) is 30.4 Å². The molecule has 1 aliphatic heterocycles.